The number of pyridine rings is 1. The Labute approximate surface area is 118 Å². The molecule has 0 aliphatic heterocycles. The van der Waals surface area contributed by atoms with Crippen molar-refractivity contribution in [2.75, 3.05) is 5.32 Å². The number of aromatic nitrogens is 1. The Morgan fingerprint density at radius 2 is 1.95 bits per heavy atom. The summed E-state index contributed by atoms with van der Waals surface area (Å²) in [6, 6.07) is 7.06. The van der Waals surface area contributed by atoms with Gasteiger partial charge in [-0.05, 0) is 42.2 Å². The lowest BCUT2D eigenvalue weighted by Crippen LogP contribution is -2.10. The summed E-state index contributed by atoms with van der Waals surface area (Å²) in [5, 5.41) is 3.11. The molecule has 2 aromatic rings. The molecule has 1 unspecified atom stereocenters. The smallest absolute Gasteiger partial charge is 0.377 e. The van der Waals surface area contributed by atoms with E-state index in [9.17, 15) is 17.6 Å². The second-order valence-electron chi connectivity index (χ2n) is 4.97. The monoisotopic (exact) mass is 296 g/mol. The van der Waals surface area contributed by atoms with E-state index in [0.717, 1.165) is 17.8 Å². The molecule has 2 nitrogen and oxygen atoms in total. The number of nitrogens with zero attached hydrogens (tertiary/aromatic N) is 1. The van der Waals surface area contributed by atoms with Crippen LogP contribution in [0.1, 0.15) is 29.3 Å². The van der Waals surface area contributed by atoms with Gasteiger partial charge < -0.3 is 5.32 Å². The van der Waals surface area contributed by atoms with Crippen molar-refractivity contribution in [3.8, 4) is 0 Å². The fourth-order valence-corrected chi connectivity index (χ4v) is 2.61. The van der Waals surface area contributed by atoms with Gasteiger partial charge in [0.2, 0.25) is 0 Å². The average Bonchev–Trinajstić information content (AvgIpc) is 2.83. The zero-order valence-electron chi connectivity index (χ0n) is 10.9. The van der Waals surface area contributed by atoms with Crippen LogP contribution in [-0.4, -0.2) is 4.98 Å². The topological polar surface area (TPSA) is 24.9 Å². The molecule has 0 amide bonds. The van der Waals surface area contributed by atoms with Gasteiger partial charge in [-0.1, -0.05) is 12.1 Å². The van der Waals surface area contributed by atoms with E-state index in [1.54, 1.807) is 6.07 Å². The largest absolute Gasteiger partial charge is 0.433 e. The third kappa shape index (κ3) is 2.70. The summed E-state index contributed by atoms with van der Waals surface area (Å²) in [4.78, 5) is 3.40. The number of halogens is 4. The van der Waals surface area contributed by atoms with Crippen LogP contribution < -0.4 is 5.32 Å². The summed E-state index contributed by atoms with van der Waals surface area (Å²) < 4.78 is 50.9. The first kappa shape index (κ1) is 13.9. The number of anilines is 1. The van der Waals surface area contributed by atoms with Gasteiger partial charge in [-0.25, -0.2) is 9.37 Å². The maximum absolute atomic E-state index is 13.6. The molecule has 1 heterocycles. The molecule has 3 rings (SSSR count). The van der Waals surface area contributed by atoms with Crippen molar-refractivity contribution in [1.29, 1.82) is 0 Å². The first-order valence-electron chi connectivity index (χ1n) is 6.52. The Balaban J connectivity index is 1.79. The number of rotatable bonds is 2. The first-order chi connectivity index (χ1) is 9.95. The highest BCUT2D eigenvalue weighted by atomic mass is 19.4. The van der Waals surface area contributed by atoms with Crippen LogP contribution in [0.3, 0.4) is 0 Å². The summed E-state index contributed by atoms with van der Waals surface area (Å²) >= 11 is 0. The van der Waals surface area contributed by atoms with Crippen LogP contribution in [0.5, 0.6) is 0 Å². The van der Waals surface area contributed by atoms with Crippen molar-refractivity contribution in [2.45, 2.75) is 25.1 Å². The number of fused-ring (bicyclic) bond motifs is 1. The van der Waals surface area contributed by atoms with E-state index in [1.807, 2.05) is 6.07 Å². The van der Waals surface area contributed by atoms with Gasteiger partial charge in [-0.15, -0.1) is 0 Å². The van der Waals surface area contributed by atoms with Crippen LogP contribution in [-0.2, 0) is 12.6 Å². The molecule has 0 bridgehead atoms. The predicted octanol–water partition coefficient (Wildman–Crippen LogP) is 4.34. The molecule has 1 N–H and O–H groups in total. The second kappa shape index (κ2) is 5.02. The second-order valence-corrected chi connectivity index (χ2v) is 4.97. The molecule has 110 valence electrons. The normalized spacial score (nSPS) is 17.6. The zero-order valence-corrected chi connectivity index (χ0v) is 10.9. The number of hydrogen-bond acceptors (Lipinski definition) is 2. The third-order valence-electron chi connectivity index (χ3n) is 3.61. The Kier molecular flexibility index (Phi) is 3.31. The van der Waals surface area contributed by atoms with E-state index in [4.69, 9.17) is 0 Å². The van der Waals surface area contributed by atoms with E-state index < -0.39 is 11.9 Å². The highest BCUT2D eigenvalue weighted by molar-refractivity contribution is 5.47. The van der Waals surface area contributed by atoms with Crippen LogP contribution in [0, 0.1) is 5.82 Å². The predicted molar refractivity (Wildman–Crippen MR) is 70.3 cm³/mol. The number of alkyl halides is 3. The van der Waals surface area contributed by atoms with Crippen LogP contribution in [0.15, 0.2) is 36.5 Å². The molecule has 1 atom stereocenters. The fraction of sp³-hybridized carbons (Fsp3) is 0.267. The molecule has 6 heteroatoms. The zero-order chi connectivity index (χ0) is 15.0. The highest BCUT2D eigenvalue weighted by Crippen LogP contribution is 2.35. The van der Waals surface area contributed by atoms with Crippen LogP contribution >= 0.6 is 0 Å². The van der Waals surface area contributed by atoms with Gasteiger partial charge in [0.25, 0.3) is 0 Å². The molecule has 21 heavy (non-hydrogen) atoms. The summed E-state index contributed by atoms with van der Waals surface area (Å²) in [5.74, 6) is -0.234. The summed E-state index contributed by atoms with van der Waals surface area (Å²) in [7, 11) is 0. The van der Waals surface area contributed by atoms with Gasteiger partial charge in [0.15, 0.2) is 0 Å². The first-order valence-corrected chi connectivity index (χ1v) is 6.52. The van der Waals surface area contributed by atoms with Crippen molar-refractivity contribution in [3.63, 3.8) is 0 Å². The Bertz CT molecular complexity index is 650. The molecule has 1 aliphatic carbocycles. The number of benzene rings is 1. The molecule has 1 aliphatic rings. The van der Waals surface area contributed by atoms with Crippen molar-refractivity contribution >= 4 is 5.69 Å². The van der Waals surface area contributed by atoms with Crippen LogP contribution in [0.2, 0.25) is 0 Å². The van der Waals surface area contributed by atoms with Gasteiger partial charge >= 0.3 is 6.18 Å². The van der Waals surface area contributed by atoms with Crippen molar-refractivity contribution in [3.05, 3.63) is 59.2 Å². The van der Waals surface area contributed by atoms with Gasteiger partial charge in [0, 0.05) is 0 Å². The van der Waals surface area contributed by atoms with Gasteiger partial charge in [0.05, 0.1) is 17.9 Å². The SMILES string of the molecule is Fc1cccc2c1CCC2Nc1ccc(C(F)(F)F)nc1. The van der Waals surface area contributed by atoms with E-state index in [1.165, 1.54) is 12.1 Å². The third-order valence-corrected chi connectivity index (χ3v) is 3.61. The molecular formula is C15H12F4N2. The molecule has 0 fully saturated rings. The van der Waals surface area contributed by atoms with Gasteiger partial charge in [0.1, 0.15) is 11.5 Å². The minimum Gasteiger partial charge on any atom is -0.377 e. The molecular weight excluding hydrogens is 284 g/mol. The molecule has 1 aromatic heterocycles. The molecule has 1 aromatic carbocycles. The van der Waals surface area contributed by atoms with Crippen molar-refractivity contribution < 1.29 is 17.6 Å². The van der Waals surface area contributed by atoms with Crippen molar-refractivity contribution in [1.82, 2.24) is 4.98 Å². The summed E-state index contributed by atoms with van der Waals surface area (Å²) in [5.41, 5.74) is 1.10. The van der Waals surface area contributed by atoms with Gasteiger partial charge in [-0.2, -0.15) is 13.2 Å². The maximum atomic E-state index is 13.6. The van der Waals surface area contributed by atoms with Gasteiger partial charge in [-0.3, -0.25) is 0 Å². The van der Waals surface area contributed by atoms with E-state index in [0.29, 0.717) is 24.1 Å². The van der Waals surface area contributed by atoms with Crippen LogP contribution in [0.4, 0.5) is 23.2 Å². The number of hydrogen-bond donors (Lipinski definition) is 1. The molecule has 0 spiro atoms. The minimum absolute atomic E-state index is 0.103. The Hall–Kier alpha value is -2.11. The van der Waals surface area contributed by atoms with E-state index >= 15 is 0 Å². The quantitative estimate of drug-likeness (QED) is 0.834. The Morgan fingerprint density at radius 1 is 1.14 bits per heavy atom. The summed E-state index contributed by atoms with van der Waals surface area (Å²) in [6.07, 6.45) is -1.97. The number of nitrogens with one attached hydrogen (secondary N) is 1. The molecule has 0 saturated carbocycles. The average molecular weight is 296 g/mol. The lowest BCUT2D eigenvalue weighted by atomic mass is 10.1. The highest BCUT2D eigenvalue weighted by Gasteiger charge is 2.32. The molecule has 0 radical (unpaired) electrons. The minimum atomic E-state index is -4.44. The summed E-state index contributed by atoms with van der Waals surface area (Å²) in [6.45, 7) is 0. The maximum Gasteiger partial charge on any atom is 0.433 e. The molecule has 0 saturated heterocycles. The lowest BCUT2D eigenvalue weighted by Gasteiger charge is -2.16. The van der Waals surface area contributed by atoms with Crippen LogP contribution in [0.25, 0.3) is 0 Å². The van der Waals surface area contributed by atoms with E-state index in [2.05, 4.69) is 10.3 Å². The van der Waals surface area contributed by atoms with E-state index in [-0.39, 0.29) is 11.9 Å². The standard InChI is InChI=1S/C15H12F4N2/c16-12-3-1-2-11-10(12)5-6-13(11)21-9-4-7-14(20-8-9)15(17,18)19/h1-4,7-8,13,21H,5-6H2. The lowest BCUT2D eigenvalue weighted by molar-refractivity contribution is -0.141. The fourth-order valence-electron chi connectivity index (χ4n) is 2.61. The van der Waals surface area contributed by atoms with Crippen molar-refractivity contribution in [2.24, 2.45) is 0 Å². The Morgan fingerprint density at radius 3 is 2.62 bits per heavy atom.